The zero-order valence-electron chi connectivity index (χ0n) is 4.73. The van der Waals surface area contributed by atoms with E-state index in [1.165, 1.54) is 0 Å². The first kappa shape index (κ1) is 12.9. The summed E-state index contributed by atoms with van der Waals surface area (Å²) in [4.78, 5) is 0. The average molecular weight is 290 g/mol. The molecule has 9 heavy (non-hydrogen) atoms. The fraction of sp³-hybridized carbons (Fsp3) is 0. The summed E-state index contributed by atoms with van der Waals surface area (Å²) in [7, 11) is 15.6. The Balaban J connectivity index is 3.68. The molecule has 0 saturated heterocycles. The van der Waals surface area contributed by atoms with Crippen LogP contribution in [0.1, 0.15) is 0 Å². The van der Waals surface area contributed by atoms with Crippen molar-refractivity contribution in [3.63, 3.8) is 0 Å². The second-order valence-electron chi connectivity index (χ2n) is 1.18. The van der Waals surface area contributed by atoms with Crippen LogP contribution in [0.5, 0.6) is 0 Å². The van der Waals surface area contributed by atoms with Crippen molar-refractivity contribution in [2.75, 3.05) is 0 Å². The minimum atomic E-state index is 0.173. The number of hydrogen-bond acceptors (Lipinski definition) is 0. The summed E-state index contributed by atoms with van der Waals surface area (Å²) in [6.07, 6.45) is 0. The highest BCUT2D eigenvalue weighted by atomic mass is 33.2. The minimum absolute atomic E-state index is 0.173. The van der Waals surface area contributed by atoms with E-state index >= 15 is 0 Å². The first-order valence-electron chi connectivity index (χ1n) is 1.95. The van der Waals surface area contributed by atoms with E-state index in [0.29, 0.717) is 6.99 Å². The molecule has 0 aliphatic rings. The van der Waals surface area contributed by atoms with Crippen molar-refractivity contribution in [3.05, 3.63) is 0 Å². The standard InChI is InChI=1S/H11P9/c1-6-9(7(2)3)8(4)5/h6H,1-5H2. The Morgan fingerprint density at radius 2 is 1.22 bits per heavy atom. The Labute approximate surface area is 73.6 Å². The van der Waals surface area contributed by atoms with E-state index < -0.39 is 0 Å². The molecule has 0 bridgehead atoms. The quantitative estimate of drug-likeness (QED) is 0.654. The maximum Gasteiger partial charge on any atom is -0.0145 e. The monoisotopic (exact) mass is 290 g/mol. The summed E-state index contributed by atoms with van der Waals surface area (Å²) in [6, 6.07) is 0. The lowest BCUT2D eigenvalue weighted by molar-refractivity contribution is 4.75. The summed E-state index contributed by atoms with van der Waals surface area (Å²) in [5.41, 5.74) is 0. The first-order valence-corrected chi connectivity index (χ1v) is 17.5. The van der Waals surface area contributed by atoms with Crippen LogP contribution in [0, 0.1) is 0 Å². The van der Waals surface area contributed by atoms with E-state index in [-0.39, 0.29) is 14.0 Å². The summed E-state index contributed by atoms with van der Waals surface area (Å²) in [5.74, 6) is 0. The molecule has 0 N–H and O–H groups in total. The molecule has 0 fully saturated rings. The van der Waals surface area contributed by atoms with E-state index in [4.69, 9.17) is 0 Å². The molecule has 6 atom stereocenters. The van der Waals surface area contributed by atoms with Crippen LogP contribution in [0.3, 0.4) is 0 Å². The zero-order chi connectivity index (χ0) is 7.44. The molecule has 0 rings (SSSR count). The Bertz CT molecular complexity index is 54.4. The van der Waals surface area contributed by atoms with Crippen molar-refractivity contribution in [3.8, 4) is 0 Å². The van der Waals surface area contributed by atoms with Crippen molar-refractivity contribution in [2.45, 2.75) is 0 Å². The second-order valence-corrected chi connectivity index (χ2v) is 31.8. The van der Waals surface area contributed by atoms with Crippen molar-refractivity contribution in [1.82, 2.24) is 0 Å². The van der Waals surface area contributed by atoms with E-state index in [9.17, 15) is 0 Å². The molecule has 0 aliphatic carbocycles. The molecule has 0 heterocycles. The maximum atomic E-state index is 2.93. The second kappa shape index (κ2) is 7.29. The van der Waals surface area contributed by atoms with Gasteiger partial charge < -0.3 is 0 Å². The summed E-state index contributed by atoms with van der Waals surface area (Å²) < 4.78 is 0. The Morgan fingerprint density at radius 1 is 0.889 bits per heavy atom. The van der Waals surface area contributed by atoms with Crippen LogP contribution >= 0.6 is 73.6 Å². The van der Waals surface area contributed by atoms with Gasteiger partial charge >= 0.3 is 0 Å². The maximum absolute atomic E-state index is 2.93. The van der Waals surface area contributed by atoms with Crippen molar-refractivity contribution >= 4 is 73.6 Å². The molecule has 0 aromatic carbocycles. The first-order chi connectivity index (χ1) is 4.09. The summed E-state index contributed by atoms with van der Waals surface area (Å²) in [5, 5.41) is 0. The van der Waals surface area contributed by atoms with Crippen molar-refractivity contribution in [1.29, 1.82) is 0 Å². The lowest BCUT2D eigenvalue weighted by atomic mass is 28.8. The molecular formula is H11P9. The topological polar surface area (TPSA) is 0 Å². The van der Waals surface area contributed by atoms with Gasteiger partial charge in [-0.25, -0.2) is 0 Å². The van der Waals surface area contributed by atoms with Gasteiger partial charge in [-0.15, -0.1) is 44.6 Å². The fourth-order valence-corrected chi connectivity index (χ4v) is 61.4. The van der Waals surface area contributed by atoms with Gasteiger partial charge in [0.1, 0.15) is 0 Å². The van der Waals surface area contributed by atoms with E-state index in [1.807, 2.05) is 0 Å². The molecular weight excluding hydrogens is 279 g/mol. The van der Waals surface area contributed by atoms with Gasteiger partial charge in [0.25, 0.3) is 0 Å². The van der Waals surface area contributed by atoms with Gasteiger partial charge in [-0.05, 0) is 21.0 Å². The number of hydrogen-bond donors (Lipinski definition) is 0. The smallest absolute Gasteiger partial charge is 0.0145 e. The molecule has 0 aromatic heterocycles. The molecule has 0 nitrogen and oxygen atoms in total. The van der Waals surface area contributed by atoms with Crippen LogP contribution < -0.4 is 0 Å². The molecule has 0 spiro atoms. The minimum Gasteiger partial charge on any atom is -0.109 e. The van der Waals surface area contributed by atoms with Crippen molar-refractivity contribution < 1.29 is 0 Å². The molecule has 6 unspecified atom stereocenters. The highest BCUT2D eigenvalue weighted by Crippen LogP contribution is 3.04. The highest BCUT2D eigenvalue weighted by molar-refractivity contribution is 9.10. The van der Waals surface area contributed by atoms with E-state index in [0.717, 1.165) is 7.96 Å². The van der Waals surface area contributed by atoms with Crippen molar-refractivity contribution in [2.24, 2.45) is 0 Å². The van der Waals surface area contributed by atoms with Gasteiger partial charge in [-0.1, -0.05) is 7.96 Å². The molecule has 0 radical (unpaired) electrons. The molecule has 56 valence electrons. The van der Waals surface area contributed by atoms with Crippen LogP contribution in [0.4, 0.5) is 0 Å². The Kier molecular flexibility index (Phi) is 10.4. The Morgan fingerprint density at radius 3 is 1.22 bits per heavy atom. The molecule has 0 saturated carbocycles. The van der Waals surface area contributed by atoms with Crippen LogP contribution in [-0.4, -0.2) is 0 Å². The third kappa shape index (κ3) is 6.01. The molecule has 0 aromatic rings. The van der Waals surface area contributed by atoms with E-state index in [1.54, 1.807) is 0 Å². The van der Waals surface area contributed by atoms with Gasteiger partial charge in [0.05, 0.1) is 0 Å². The SMILES string of the molecule is PPP(P(P)P)P(P)P. The van der Waals surface area contributed by atoms with Crippen LogP contribution in [0.15, 0.2) is 0 Å². The van der Waals surface area contributed by atoms with Gasteiger partial charge in [0.2, 0.25) is 0 Å². The van der Waals surface area contributed by atoms with Gasteiger partial charge in [0.15, 0.2) is 0 Å². The van der Waals surface area contributed by atoms with Gasteiger partial charge in [0, 0.05) is 0 Å². The lowest BCUT2D eigenvalue weighted by Crippen LogP contribution is -1.31. The third-order valence-electron chi connectivity index (χ3n) is 0.553. The molecule has 0 amide bonds. The van der Waals surface area contributed by atoms with Crippen LogP contribution in [0.25, 0.3) is 0 Å². The Hall–Kier alpha value is 3.87. The average Bonchev–Trinajstić information content (AvgIpc) is 1.64. The highest BCUT2D eigenvalue weighted by Gasteiger charge is 2.14. The third-order valence-corrected chi connectivity index (χ3v) is 44.8. The van der Waals surface area contributed by atoms with E-state index in [2.05, 4.69) is 44.6 Å². The fourth-order valence-electron chi connectivity index (χ4n) is 0.253. The molecule has 9 heteroatoms. The van der Waals surface area contributed by atoms with Crippen LogP contribution in [0.2, 0.25) is 0 Å². The molecule has 0 aliphatic heterocycles. The normalized spacial score (nSPS) is 13.3. The van der Waals surface area contributed by atoms with Gasteiger partial charge in [-0.2, -0.15) is 0 Å². The summed E-state index contributed by atoms with van der Waals surface area (Å²) in [6.45, 7) is 0.642. The largest absolute Gasteiger partial charge is 0.109 e. The van der Waals surface area contributed by atoms with Gasteiger partial charge in [-0.3, -0.25) is 0 Å². The predicted octanol–water partition coefficient (Wildman–Crippen LogP) is 4.81. The van der Waals surface area contributed by atoms with Crippen LogP contribution in [-0.2, 0) is 0 Å². The zero-order valence-corrected chi connectivity index (χ0v) is 14.2. The predicted molar refractivity (Wildman–Crippen MR) is 77.6 cm³/mol. The number of rotatable bonds is 3. The lowest BCUT2D eigenvalue weighted by Gasteiger charge is -2.22. The summed E-state index contributed by atoms with van der Waals surface area (Å²) >= 11 is 0.